The fourth-order valence-corrected chi connectivity index (χ4v) is 1.21. The maximum absolute atomic E-state index is 12.8. The molecule has 0 spiro atoms. The van der Waals surface area contributed by atoms with Crippen LogP contribution in [0.3, 0.4) is 0 Å². The van der Waals surface area contributed by atoms with Crippen molar-refractivity contribution in [2.45, 2.75) is 12.0 Å². The number of carbonyl (C=O) groups excluding carboxylic acids is 1. The number of alkyl halides is 2. The first kappa shape index (κ1) is 13.5. The van der Waals surface area contributed by atoms with Gasteiger partial charge < -0.3 is 16.8 Å². The number of halogens is 2. The van der Waals surface area contributed by atoms with Crippen LogP contribution in [0.1, 0.15) is 11.6 Å². The summed E-state index contributed by atoms with van der Waals surface area (Å²) in [5.41, 5.74) is 11.0. The van der Waals surface area contributed by atoms with E-state index in [0.29, 0.717) is 5.56 Å². The van der Waals surface area contributed by atoms with Gasteiger partial charge >= 0.3 is 0 Å². The Morgan fingerprint density at radius 1 is 1.35 bits per heavy atom. The summed E-state index contributed by atoms with van der Waals surface area (Å²) in [6.45, 7) is -1.61. The second-order valence-electron chi connectivity index (χ2n) is 3.67. The van der Waals surface area contributed by atoms with E-state index in [1.165, 1.54) is 0 Å². The topological polar surface area (TPSA) is 81.1 Å². The third-order valence-electron chi connectivity index (χ3n) is 2.26. The van der Waals surface area contributed by atoms with Crippen molar-refractivity contribution in [1.29, 1.82) is 0 Å². The molecule has 17 heavy (non-hydrogen) atoms. The third kappa shape index (κ3) is 4.08. The van der Waals surface area contributed by atoms with Crippen LogP contribution < -0.4 is 16.8 Å². The van der Waals surface area contributed by atoms with Crippen molar-refractivity contribution < 1.29 is 13.6 Å². The van der Waals surface area contributed by atoms with Gasteiger partial charge in [-0.25, -0.2) is 8.78 Å². The van der Waals surface area contributed by atoms with Crippen LogP contribution in [0, 0.1) is 0 Å². The molecule has 0 bridgehead atoms. The molecular formula is C11H15F2N3O. The van der Waals surface area contributed by atoms with E-state index < -0.39 is 31.0 Å². The van der Waals surface area contributed by atoms with Crippen molar-refractivity contribution in [2.75, 3.05) is 13.1 Å². The molecule has 0 radical (unpaired) electrons. The van der Waals surface area contributed by atoms with Gasteiger partial charge in [0.05, 0.1) is 13.1 Å². The lowest BCUT2D eigenvalue weighted by Gasteiger charge is -2.17. The van der Waals surface area contributed by atoms with E-state index in [0.717, 1.165) is 0 Å². The largest absolute Gasteiger partial charge is 0.348 e. The quantitative estimate of drug-likeness (QED) is 0.700. The van der Waals surface area contributed by atoms with Gasteiger partial charge in [-0.05, 0) is 5.56 Å². The van der Waals surface area contributed by atoms with Crippen LogP contribution in [-0.2, 0) is 4.79 Å². The SMILES string of the molecule is NCC(F)(F)CNC(=O)C(N)c1ccccc1. The summed E-state index contributed by atoms with van der Waals surface area (Å²) in [4.78, 5) is 11.5. The zero-order chi connectivity index (χ0) is 12.9. The molecule has 1 unspecified atom stereocenters. The highest BCUT2D eigenvalue weighted by molar-refractivity contribution is 5.82. The minimum absolute atomic E-state index is 0.570. The molecule has 0 aliphatic rings. The Balaban J connectivity index is 2.54. The summed E-state index contributed by atoms with van der Waals surface area (Å²) in [7, 11) is 0. The zero-order valence-corrected chi connectivity index (χ0v) is 9.20. The summed E-state index contributed by atoms with van der Waals surface area (Å²) in [5.74, 6) is -3.75. The number of benzene rings is 1. The van der Waals surface area contributed by atoms with Gasteiger partial charge in [0.1, 0.15) is 6.04 Å². The van der Waals surface area contributed by atoms with E-state index in [4.69, 9.17) is 11.5 Å². The molecule has 0 heterocycles. The Bertz CT molecular complexity index is 370. The molecule has 1 aromatic carbocycles. The Morgan fingerprint density at radius 2 is 1.94 bits per heavy atom. The number of nitrogens with one attached hydrogen (secondary N) is 1. The van der Waals surface area contributed by atoms with Gasteiger partial charge in [-0.2, -0.15) is 0 Å². The summed E-state index contributed by atoms with van der Waals surface area (Å²) >= 11 is 0. The van der Waals surface area contributed by atoms with Gasteiger partial charge in [0.25, 0.3) is 5.92 Å². The summed E-state index contributed by atoms with van der Waals surface area (Å²) < 4.78 is 25.6. The molecule has 0 aliphatic carbocycles. The molecule has 0 saturated heterocycles. The van der Waals surface area contributed by atoms with E-state index in [9.17, 15) is 13.6 Å². The lowest BCUT2D eigenvalue weighted by Crippen LogP contribution is -2.44. The van der Waals surface area contributed by atoms with E-state index in [1.54, 1.807) is 30.3 Å². The maximum atomic E-state index is 12.8. The third-order valence-corrected chi connectivity index (χ3v) is 2.26. The monoisotopic (exact) mass is 243 g/mol. The number of hydrogen-bond donors (Lipinski definition) is 3. The summed E-state index contributed by atoms with van der Waals surface area (Å²) in [6.07, 6.45) is 0. The zero-order valence-electron chi connectivity index (χ0n) is 9.20. The van der Waals surface area contributed by atoms with Gasteiger partial charge in [-0.1, -0.05) is 30.3 Å². The first-order chi connectivity index (χ1) is 7.96. The van der Waals surface area contributed by atoms with Gasteiger partial charge in [0.2, 0.25) is 5.91 Å². The second kappa shape index (κ2) is 5.70. The van der Waals surface area contributed by atoms with Crippen molar-refractivity contribution in [3.05, 3.63) is 35.9 Å². The molecule has 1 rings (SSSR count). The predicted octanol–water partition coefficient (Wildman–Crippen LogP) is 0.397. The fourth-order valence-electron chi connectivity index (χ4n) is 1.21. The van der Waals surface area contributed by atoms with E-state index in [2.05, 4.69) is 5.32 Å². The highest BCUT2D eigenvalue weighted by Crippen LogP contribution is 2.12. The van der Waals surface area contributed by atoms with Crippen LogP contribution in [0.2, 0.25) is 0 Å². The van der Waals surface area contributed by atoms with Crippen LogP contribution in [0.4, 0.5) is 8.78 Å². The van der Waals surface area contributed by atoms with Crippen LogP contribution in [-0.4, -0.2) is 24.9 Å². The lowest BCUT2D eigenvalue weighted by molar-refractivity contribution is -0.124. The summed E-state index contributed by atoms with van der Waals surface area (Å²) in [6, 6.07) is 7.58. The minimum atomic E-state index is -3.11. The van der Waals surface area contributed by atoms with Gasteiger partial charge in [-0.3, -0.25) is 4.79 Å². The highest BCUT2D eigenvalue weighted by atomic mass is 19.3. The lowest BCUT2D eigenvalue weighted by atomic mass is 10.1. The molecule has 0 aromatic heterocycles. The molecular weight excluding hydrogens is 228 g/mol. The van der Waals surface area contributed by atoms with Crippen LogP contribution in [0.5, 0.6) is 0 Å². The maximum Gasteiger partial charge on any atom is 0.277 e. The van der Waals surface area contributed by atoms with Crippen molar-refractivity contribution in [3.63, 3.8) is 0 Å². The first-order valence-electron chi connectivity index (χ1n) is 5.12. The Morgan fingerprint density at radius 3 is 2.47 bits per heavy atom. The molecule has 4 nitrogen and oxygen atoms in total. The molecule has 5 N–H and O–H groups in total. The van der Waals surface area contributed by atoms with Crippen molar-refractivity contribution in [3.8, 4) is 0 Å². The van der Waals surface area contributed by atoms with Crippen LogP contribution in [0.15, 0.2) is 30.3 Å². The predicted molar refractivity (Wildman–Crippen MR) is 60.4 cm³/mol. The number of rotatable bonds is 5. The molecule has 1 atom stereocenters. The molecule has 0 saturated carbocycles. The van der Waals surface area contributed by atoms with Gasteiger partial charge in [-0.15, -0.1) is 0 Å². The Hall–Kier alpha value is -1.53. The minimum Gasteiger partial charge on any atom is -0.348 e. The molecule has 94 valence electrons. The molecule has 6 heteroatoms. The number of hydrogen-bond acceptors (Lipinski definition) is 3. The number of nitrogens with two attached hydrogens (primary N) is 2. The Kier molecular flexibility index (Phi) is 4.53. The Labute approximate surface area is 98.0 Å². The average Bonchev–Trinajstić information content (AvgIpc) is 2.36. The smallest absolute Gasteiger partial charge is 0.277 e. The van der Waals surface area contributed by atoms with Crippen molar-refractivity contribution in [1.82, 2.24) is 5.32 Å². The first-order valence-corrected chi connectivity index (χ1v) is 5.12. The van der Waals surface area contributed by atoms with E-state index in [1.807, 2.05) is 0 Å². The number of amides is 1. The molecule has 1 aromatic rings. The number of carbonyl (C=O) groups is 1. The van der Waals surface area contributed by atoms with Gasteiger partial charge in [0.15, 0.2) is 0 Å². The fraction of sp³-hybridized carbons (Fsp3) is 0.364. The molecule has 0 aliphatic heterocycles. The normalized spacial score (nSPS) is 13.2. The average molecular weight is 243 g/mol. The van der Waals surface area contributed by atoms with Gasteiger partial charge in [0, 0.05) is 0 Å². The highest BCUT2D eigenvalue weighted by Gasteiger charge is 2.28. The van der Waals surface area contributed by atoms with E-state index in [-0.39, 0.29) is 0 Å². The van der Waals surface area contributed by atoms with Crippen molar-refractivity contribution >= 4 is 5.91 Å². The standard InChI is InChI=1S/C11H15F2N3O/c12-11(13,6-14)7-16-10(17)9(15)8-4-2-1-3-5-8/h1-5,9H,6-7,14-15H2,(H,16,17). The van der Waals surface area contributed by atoms with E-state index >= 15 is 0 Å². The van der Waals surface area contributed by atoms with Crippen molar-refractivity contribution in [2.24, 2.45) is 11.5 Å². The molecule has 0 fully saturated rings. The van der Waals surface area contributed by atoms with Crippen LogP contribution >= 0.6 is 0 Å². The molecule has 1 amide bonds. The second-order valence-corrected chi connectivity index (χ2v) is 3.67. The summed E-state index contributed by atoms with van der Waals surface area (Å²) in [5, 5.41) is 2.08. The van der Waals surface area contributed by atoms with Crippen LogP contribution in [0.25, 0.3) is 0 Å².